The largest absolute Gasteiger partial charge is 0.416 e. The summed E-state index contributed by atoms with van der Waals surface area (Å²) in [6.07, 6.45) is -3.88. The minimum Gasteiger partial charge on any atom is -0.383 e. The smallest absolute Gasteiger partial charge is 0.383 e. The lowest BCUT2D eigenvalue weighted by molar-refractivity contribution is -0.137. The average molecular weight is 402 g/mol. The third-order valence-corrected chi connectivity index (χ3v) is 4.27. The van der Waals surface area contributed by atoms with E-state index in [1.165, 1.54) is 18.2 Å². The van der Waals surface area contributed by atoms with Gasteiger partial charge in [0.25, 0.3) is 5.91 Å². The van der Waals surface area contributed by atoms with Crippen molar-refractivity contribution in [3.8, 4) is 0 Å². The molecule has 0 bridgehead atoms. The minimum absolute atomic E-state index is 0.00205. The Bertz CT molecular complexity index is 970. The second kappa shape index (κ2) is 8.77. The summed E-state index contributed by atoms with van der Waals surface area (Å²) in [6.45, 7) is 0.467. The first-order chi connectivity index (χ1) is 13.8. The van der Waals surface area contributed by atoms with E-state index in [-0.39, 0.29) is 11.3 Å². The second-order valence-corrected chi connectivity index (χ2v) is 6.38. The van der Waals surface area contributed by atoms with Crippen molar-refractivity contribution in [3.05, 3.63) is 95.3 Å². The molecule has 0 heterocycles. The van der Waals surface area contributed by atoms with Crippen molar-refractivity contribution in [2.75, 3.05) is 17.2 Å². The SMILES string of the molecule is O=C(Nc1cc(C(F)(F)F)ccc1NCCc1ccccc1)c1ccc(F)cc1. The van der Waals surface area contributed by atoms with Crippen LogP contribution in [0.5, 0.6) is 0 Å². The highest BCUT2D eigenvalue weighted by Crippen LogP contribution is 2.34. The molecule has 0 atom stereocenters. The molecule has 3 aromatic rings. The Labute approximate surface area is 165 Å². The third kappa shape index (κ3) is 5.57. The summed E-state index contributed by atoms with van der Waals surface area (Å²) in [4.78, 5) is 12.4. The van der Waals surface area contributed by atoms with Crippen LogP contribution in [0.2, 0.25) is 0 Å². The number of carbonyl (C=O) groups excluding carboxylic acids is 1. The summed E-state index contributed by atoms with van der Waals surface area (Å²) >= 11 is 0. The van der Waals surface area contributed by atoms with Gasteiger partial charge in [0.05, 0.1) is 16.9 Å². The normalized spacial score (nSPS) is 11.2. The van der Waals surface area contributed by atoms with E-state index < -0.39 is 23.5 Å². The molecule has 7 heteroatoms. The lowest BCUT2D eigenvalue weighted by atomic mass is 10.1. The molecule has 0 saturated carbocycles. The van der Waals surface area contributed by atoms with E-state index >= 15 is 0 Å². The Kier molecular flexibility index (Phi) is 6.16. The topological polar surface area (TPSA) is 41.1 Å². The van der Waals surface area contributed by atoms with Crippen molar-refractivity contribution in [1.82, 2.24) is 0 Å². The number of benzene rings is 3. The zero-order valence-electron chi connectivity index (χ0n) is 15.3. The number of anilines is 2. The molecule has 150 valence electrons. The Morgan fingerprint density at radius 3 is 2.21 bits per heavy atom. The average Bonchev–Trinajstić information content (AvgIpc) is 2.69. The van der Waals surface area contributed by atoms with Gasteiger partial charge in [-0.25, -0.2) is 4.39 Å². The van der Waals surface area contributed by atoms with E-state index in [1.54, 1.807) is 0 Å². The van der Waals surface area contributed by atoms with Crippen molar-refractivity contribution in [2.45, 2.75) is 12.6 Å². The molecule has 2 N–H and O–H groups in total. The summed E-state index contributed by atoms with van der Waals surface area (Å²) in [5.74, 6) is -1.14. The standard InChI is InChI=1S/C22H18F4N2O/c23-18-9-6-16(7-10-18)21(29)28-20-14-17(22(24,25)26)8-11-19(20)27-13-12-15-4-2-1-3-5-15/h1-11,14,27H,12-13H2,(H,28,29). The van der Waals surface area contributed by atoms with E-state index in [4.69, 9.17) is 0 Å². The maximum atomic E-state index is 13.1. The highest BCUT2D eigenvalue weighted by atomic mass is 19.4. The maximum absolute atomic E-state index is 13.1. The lowest BCUT2D eigenvalue weighted by Gasteiger charge is -2.16. The Balaban J connectivity index is 1.79. The third-order valence-electron chi connectivity index (χ3n) is 4.27. The van der Waals surface area contributed by atoms with Crippen LogP contribution in [0, 0.1) is 5.82 Å². The van der Waals surface area contributed by atoms with E-state index in [0.29, 0.717) is 18.7 Å². The Morgan fingerprint density at radius 1 is 0.862 bits per heavy atom. The van der Waals surface area contributed by atoms with Crippen molar-refractivity contribution >= 4 is 17.3 Å². The molecule has 1 amide bonds. The molecule has 0 saturated heterocycles. The van der Waals surface area contributed by atoms with Gasteiger partial charge >= 0.3 is 6.18 Å². The fourth-order valence-electron chi connectivity index (χ4n) is 2.76. The summed E-state index contributed by atoms with van der Waals surface area (Å²) in [6, 6.07) is 17.5. The highest BCUT2D eigenvalue weighted by molar-refractivity contribution is 6.05. The predicted molar refractivity (Wildman–Crippen MR) is 104 cm³/mol. The van der Waals surface area contributed by atoms with Gasteiger partial charge in [0, 0.05) is 12.1 Å². The number of alkyl halides is 3. The first-order valence-corrected chi connectivity index (χ1v) is 8.89. The van der Waals surface area contributed by atoms with Crippen LogP contribution >= 0.6 is 0 Å². The Morgan fingerprint density at radius 2 is 1.55 bits per heavy atom. The first-order valence-electron chi connectivity index (χ1n) is 8.89. The number of carbonyl (C=O) groups is 1. The van der Waals surface area contributed by atoms with Gasteiger partial charge in [0.15, 0.2) is 0 Å². The summed E-state index contributed by atoms with van der Waals surface area (Å²) in [5, 5.41) is 5.55. The fourth-order valence-corrected chi connectivity index (χ4v) is 2.76. The summed E-state index contributed by atoms with van der Waals surface area (Å²) < 4.78 is 52.3. The number of nitrogens with one attached hydrogen (secondary N) is 2. The highest BCUT2D eigenvalue weighted by Gasteiger charge is 2.31. The van der Waals surface area contributed by atoms with E-state index in [9.17, 15) is 22.4 Å². The number of halogens is 4. The van der Waals surface area contributed by atoms with Gasteiger partial charge in [-0.3, -0.25) is 4.79 Å². The van der Waals surface area contributed by atoms with Gasteiger partial charge in [-0.2, -0.15) is 13.2 Å². The molecular weight excluding hydrogens is 384 g/mol. The first kappa shape index (κ1) is 20.4. The fraction of sp³-hybridized carbons (Fsp3) is 0.136. The summed E-state index contributed by atoms with van der Waals surface area (Å²) in [7, 11) is 0. The van der Waals surface area contributed by atoms with Crippen LogP contribution in [-0.2, 0) is 12.6 Å². The van der Waals surface area contributed by atoms with Gasteiger partial charge < -0.3 is 10.6 Å². The monoisotopic (exact) mass is 402 g/mol. The van der Waals surface area contributed by atoms with Gasteiger partial charge in [0.2, 0.25) is 0 Å². The van der Waals surface area contributed by atoms with Gasteiger partial charge in [-0.1, -0.05) is 30.3 Å². The zero-order chi connectivity index (χ0) is 20.9. The van der Waals surface area contributed by atoms with Crippen LogP contribution < -0.4 is 10.6 Å². The molecule has 0 aromatic heterocycles. The molecule has 3 nitrogen and oxygen atoms in total. The van der Waals surface area contributed by atoms with Crippen molar-refractivity contribution in [1.29, 1.82) is 0 Å². The zero-order valence-corrected chi connectivity index (χ0v) is 15.3. The van der Waals surface area contributed by atoms with Gasteiger partial charge in [-0.05, 0) is 54.4 Å². The molecule has 0 fully saturated rings. The molecule has 3 rings (SSSR count). The van der Waals surface area contributed by atoms with Crippen molar-refractivity contribution in [3.63, 3.8) is 0 Å². The van der Waals surface area contributed by atoms with Gasteiger partial charge in [-0.15, -0.1) is 0 Å². The van der Waals surface area contributed by atoms with Crippen LogP contribution in [0.1, 0.15) is 21.5 Å². The summed E-state index contributed by atoms with van der Waals surface area (Å²) in [5.41, 5.74) is 0.704. The molecular formula is C22H18F4N2O. The van der Waals surface area contributed by atoms with Crippen LogP contribution in [0.15, 0.2) is 72.8 Å². The molecule has 0 aliphatic rings. The van der Waals surface area contributed by atoms with E-state index in [2.05, 4.69) is 10.6 Å². The van der Waals surface area contributed by atoms with E-state index in [0.717, 1.165) is 29.8 Å². The second-order valence-electron chi connectivity index (χ2n) is 6.38. The van der Waals surface area contributed by atoms with E-state index in [1.807, 2.05) is 30.3 Å². The van der Waals surface area contributed by atoms with Crippen LogP contribution in [0.3, 0.4) is 0 Å². The lowest BCUT2D eigenvalue weighted by Crippen LogP contribution is -2.16. The Hall–Kier alpha value is -3.35. The molecule has 0 spiro atoms. The van der Waals surface area contributed by atoms with Gasteiger partial charge in [0.1, 0.15) is 5.82 Å². The number of hydrogen-bond acceptors (Lipinski definition) is 2. The number of rotatable bonds is 6. The number of hydrogen-bond donors (Lipinski definition) is 2. The van der Waals surface area contributed by atoms with Crippen molar-refractivity contribution in [2.24, 2.45) is 0 Å². The molecule has 29 heavy (non-hydrogen) atoms. The molecule has 0 aliphatic heterocycles. The molecule has 3 aromatic carbocycles. The number of amides is 1. The molecule has 0 unspecified atom stereocenters. The predicted octanol–water partition coefficient (Wildman–Crippen LogP) is 5.75. The van der Waals surface area contributed by atoms with Crippen LogP contribution in [0.25, 0.3) is 0 Å². The molecule has 0 radical (unpaired) electrons. The minimum atomic E-state index is -4.54. The van der Waals surface area contributed by atoms with Crippen LogP contribution in [-0.4, -0.2) is 12.5 Å². The van der Waals surface area contributed by atoms with Crippen LogP contribution in [0.4, 0.5) is 28.9 Å². The van der Waals surface area contributed by atoms with Crippen molar-refractivity contribution < 1.29 is 22.4 Å². The quantitative estimate of drug-likeness (QED) is 0.516. The molecule has 0 aliphatic carbocycles. The maximum Gasteiger partial charge on any atom is 0.416 e.